The molecule has 0 bridgehead atoms. The monoisotopic (exact) mass is 292 g/mol. The van der Waals surface area contributed by atoms with E-state index in [9.17, 15) is 0 Å². The van der Waals surface area contributed by atoms with Crippen molar-refractivity contribution in [2.75, 3.05) is 19.7 Å². The highest BCUT2D eigenvalue weighted by atomic mass is 16.5. The fourth-order valence-corrected chi connectivity index (χ4v) is 2.35. The molecule has 0 aliphatic rings. The molecule has 0 saturated carbocycles. The average Bonchev–Trinajstić information content (AvgIpc) is 2.54. The topological polar surface area (TPSA) is 38.5 Å². The molecular formula is C18H32N2O. The van der Waals surface area contributed by atoms with Crippen LogP contribution in [0.25, 0.3) is 0 Å². The minimum Gasteiger partial charge on any atom is -0.494 e. The number of hydrogen-bond acceptors (Lipinski definition) is 3. The Bertz CT molecular complexity index is 364. The maximum Gasteiger partial charge on any atom is 0.119 e. The molecule has 0 fully saturated rings. The lowest BCUT2D eigenvalue weighted by molar-refractivity contribution is 0.182. The molecule has 1 rings (SSSR count). The molecular weight excluding hydrogens is 260 g/mol. The Morgan fingerprint density at radius 1 is 1.10 bits per heavy atom. The normalized spacial score (nSPS) is 12.6. The minimum absolute atomic E-state index is 0.585. The van der Waals surface area contributed by atoms with Crippen molar-refractivity contribution >= 4 is 0 Å². The lowest BCUT2D eigenvalue weighted by atomic mass is 10.2. The highest BCUT2D eigenvalue weighted by Crippen LogP contribution is 2.12. The van der Waals surface area contributed by atoms with Crippen molar-refractivity contribution in [2.24, 2.45) is 5.73 Å². The van der Waals surface area contributed by atoms with Gasteiger partial charge < -0.3 is 15.4 Å². The molecule has 0 radical (unpaired) electrons. The summed E-state index contributed by atoms with van der Waals surface area (Å²) < 4.78 is 5.81. The molecule has 2 N–H and O–H groups in total. The largest absolute Gasteiger partial charge is 0.494 e. The van der Waals surface area contributed by atoms with Crippen molar-refractivity contribution in [3.63, 3.8) is 0 Å². The van der Waals surface area contributed by atoms with Gasteiger partial charge in [-0.1, -0.05) is 32.4 Å². The van der Waals surface area contributed by atoms with Crippen molar-refractivity contribution in [3.05, 3.63) is 29.8 Å². The van der Waals surface area contributed by atoms with Crippen molar-refractivity contribution in [1.82, 2.24) is 4.90 Å². The third kappa shape index (κ3) is 6.96. The molecule has 0 aromatic heterocycles. The Kier molecular flexibility index (Phi) is 9.11. The summed E-state index contributed by atoms with van der Waals surface area (Å²) in [4.78, 5) is 2.59. The number of unbranched alkanes of at least 4 members (excludes halogenated alkanes) is 1. The summed E-state index contributed by atoms with van der Waals surface area (Å²) in [6, 6.07) is 8.74. The predicted octanol–water partition coefficient (Wildman–Crippen LogP) is 3.81. The maximum absolute atomic E-state index is 5.81. The molecule has 1 unspecified atom stereocenters. The van der Waals surface area contributed by atoms with Crippen LogP contribution in [0.5, 0.6) is 5.75 Å². The van der Waals surface area contributed by atoms with Crippen LogP contribution in [0.1, 0.15) is 52.0 Å². The van der Waals surface area contributed by atoms with Crippen LogP contribution in [0, 0.1) is 0 Å². The van der Waals surface area contributed by atoms with Crippen LogP contribution in [0.4, 0.5) is 0 Å². The van der Waals surface area contributed by atoms with E-state index in [0.29, 0.717) is 12.6 Å². The molecule has 0 spiro atoms. The Morgan fingerprint density at radius 3 is 2.33 bits per heavy atom. The van der Waals surface area contributed by atoms with Gasteiger partial charge in [0.25, 0.3) is 0 Å². The second-order valence-electron chi connectivity index (χ2n) is 5.70. The van der Waals surface area contributed by atoms with E-state index in [1.54, 1.807) is 0 Å². The summed E-state index contributed by atoms with van der Waals surface area (Å²) in [5.74, 6) is 0.941. The summed E-state index contributed by atoms with van der Waals surface area (Å²) in [6.45, 7) is 10.5. The Morgan fingerprint density at radius 2 is 1.76 bits per heavy atom. The van der Waals surface area contributed by atoms with Gasteiger partial charge in [0.1, 0.15) is 5.75 Å². The molecule has 0 heterocycles. The molecule has 1 atom stereocenters. The van der Waals surface area contributed by atoms with Crippen LogP contribution in [0.2, 0.25) is 0 Å². The second-order valence-corrected chi connectivity index (χ2v) is 5.70. The molecule has 0 aliphatic carbocycles. The van der Waals surface area contributed by atoms with Gasteiger partial charge in [-0.3, -0.25) is 0 Å². The van der Waals surface area contributed by atoms with Crippen LogP contribution < -0.4 is 10.5 Å². The van der Waals surface area contributed by atoms with Gasteiger partial charge in [0.2, 0.25) is 0 Å². The van der Waals surface area contributed by atoms with E-state index in [4.69, 9.17) is 10.5 Å². The highest BCUT2D eigenvalue weighted by Gasteiger charge is 2.10. The fourth-order valence-electron chi connectivity index (χ4n) is 2.35. The summed E-state index contributed by atoms with van der Waals surface area (Å²) in [6.07, 6.45) is 4.83. The van der Waals surface area contributed by atoms with Gasteiger partial charge in [-0.2, -0.15) is 0 Å². The third-order valence-corrected chi connectivity index (χ3v) is 4.03. The molecule has 1 aromatic rings. The van der Waals surface area contributed by atoms with Gasteiger partial charge >= 0.3 is 0 Å². The van der Waals surface area contributed by atoms with Crippen LogP contribution >= 0.6 is 0 Å². The summed E-state index contributed by atoms with van der Waals surface area (Å²) in [5, 5.41) is 0. The molecule has 3 nitrogen and oxygen atoms in total. The summed E-state index contributed by atoms with van der Waals surface area (Å²) >= 11 is 0. The van der Waals surface area contributed by atoms with E-state index in [-0.39, 0.29) is 0 Å². The first-order chi connectivity index (χ1) is 10.2. The van der Waals surface area contributed by atoms with Gasteiger partial charge in [0.05, 0.1) is 6.61 Å². The summed E-state index contributed by atoms with van der Waals surface area (Å²) in [7, 11) is 0. The van der Waals surface area contributed by atoms with Crippen LogP contribution in [0.3, 0.4) is 0 Å². The van der Waals surface area contributed by atoms with E-state index in [1.807, 2.05) is 24.3 Å². The smallest absolute Gasteiger partial charge is 0.119 e. The van der Waals surface area contributed by atoms with Gasteiger partial charge in [-0.05, 0) is 50.4 Å². The quantitative estimate of drug-likeness (QED) is 0.630. The highest BCUT2D eigenvalue weighted by molar-refractivity contribution is 5.26. The first-order valence-electron chi connectivity index (χ1n) is 8.37. The number of nitrogens with zero attached hydrogens (tertiary/aromatic N) is 1. The number of ether oxygens (including phenoxy) is 1. The van der Waals surface area contributed by atoms with Crippen molar-refractivity contribution in [3.8, 4) is 5.75 Å². The first-order valence-corrected chi connectivity index (χ1v) is 8.37. The van der Waals surface area contributed by atoms with Crippen molar-refractivity contribution in [2.45, 2.75) is 59.0 Å². The molecule has 3 heteroatoms. The van der Waals surface area contributed by atoms with E-state index >= 15 is 0 Å². The van der Waals surface area contributed by atoms with Gasteiger partial charge in [-0.15, -0.1) is 0 Å². The molecule has 1 aromatic carbocycles. The predicted molar refractivity (Wildman–Crippen MR) is 90.7 cm³/mol. The maximum atomic E-state index is 5.81. The van der Waals surface area contributed by atoms with E-state index in [2.05, 4.69) is 25.7 Å². The molecule has 0 saturated heterocycles. The number of nitrogens with two attached hydrogens (primary N) is 1. The third-order valence-electron chi connectivity index (χ3n) is 4.03. The van der Waals surface area contributed by atoms with Gasteiger partial charge in [-0.25, -0.2) is 0 Å². The SMILES string of the molecule is CCCCN(CCCOc1ccc(CN)cc1)C(C)CC. The first kappa shape index (κ1) is 18.0. The van der Waals surface area contributed by atoms with Crippen LogP contribution in [-0.2, 0) is 6.54 Å². The zero-order chi connectivity index (χ0) is 15.5. The van der Waals surface area contributed by atoms with Crippen LogP contribution in [0.15, 0.2) is 24.3 Å². The van der Waals surface area contributed by atoms with Crippen molar-refractivity contribution in [1.29, 1.82) is 0 Å². The van der Waals surface area contributed by atoms with Crippen LogP contribution in [-0.4, -0.2) is 30.6 Å². The lowest BCUT2D eigenvalue weighted by Crippen LogP contribution is -2.35. The number of rotatable bonds is 11. The molecule has 0 amide bonds. The molecule has 21 heavy (non-hydrogen) atoms. The number of benzene rings is 1. The van der Waals surface area contributed by atoms with Gasteiger partial charge in [0, 0.05) is 19.1 Å². The Hall–Kier alpha value is -1.06. The second kappa shape index (κ2) is 10.6. The molecule has 0 aliphatic heterocycles. The number of hydrogen-bond donors (Lipinski definition) is 1. The lowest BCUT2D eigenvalue weighted by Gasteiger charge is -2.28. The van der Waals surface area contributed by atoms with Gasteiger partial charge in [0.15, 0.2) is 0 Å². The van der Waals surface area contributed by atoms with E-state index in [0.717, 1.165) is 30.9 Å². The fraction of sp³-hybridized carbons (Fsp3) is 0.667. The minimum atomic E-state index is 0.585. The zero-order valence-electron chi connectivity index (χ0n) is 14.0. The summed E-state index contributed by atoms with van der Waals surface area (Å²) in [5.41, 5.74) is 6.73. The van der Waals surface area contributed by atoms with E-state index in [1.165, 1.54) is 25.8 Å². The average molecular weight is 292 g/mol. The van der Waals surface area contributed by atoms with E-state index < -0.39 is 0 Å². The zero-order valence-corrected chi connectivity index (χ0v) is 14.0. The Balaban J connectivity index is 2.29. The van der Waals surface area contributed by atoms with Crippen molar-refractivity contribution < 1.29 is 4.74 Å². The standard InChI is InChI=1S/C18H32N2O/c1-4-6-12-20(16(3)5-2)13-7-14-21-18-10-8-17(15-19)9-11-18/h8-11,16H,4-7,12-15,19H2,1-3H3. The Labute approximate surface area is 130 Å². The molecule has 120 valence electrons.